The molecule has 1 aliphatic heterocycles. The molecular weight excluding hydrogens is 230 g/mol. The number of nitrogens with zero attached hydrogens (tertiary/aromatic N) is 1. The summed E-state index contributed by atoms with van der Waals surface area (Å²) in [7, 11) is 0. The minimum absolute atomic E-state index is 0.269. The standard InChI is InChI=1S/C11H17NO3.C3H8/c1-2-3-4-5-6-7-10(13)12-8-9-15-11(12)14;1-3-2/h6-7H,2-5,8-9H2,1H3;3H2,1-2H3/b7-6+;. The van der Waals surface area contributed by atoms with E-state index in [1.54, 1.807) is 0 Å². The lowest BCUT2D eigenvalue weighted by Crippen LogP contribution is -2.29. The van der Waals surface area contributed by atoms with Gasteiger partial charge in [0.2, 0.25) is 0 Å². The summed E-state index contributed by atoms with van der Waals surface area (Å²) in [6.45, 7) is 7.07. The van der Waals surface area contributed by atoms with Crippen LogP contribution in [0.25, 0.3) is 0 Å². The van der Waals surface area contributed by atoms with Crippen molar-refractivity contribution in [3.63, 3.8) is 0 Å². The molecule has 0 atom stereocenters. The second kappa shape index (κ2) is 10.8. The third-order valence-electron chi connectivity index (χ3n) is 2.26. The Hall–Kier alpha value is -1.32. The van der Waals surface area contributed by atoms with Crippen LogP contribution in [0.3, 0.4) is 0 Å². The van der Waals surface area contributed by atoms with E-state index in [9.17, 15) is 9.59 Å². The van der Waals surface area contributed by atoms with Gasteiger partial charge in [-0.3, -0.25) is 4.79 Å². The van der Waals surface area contributed by atoms with Gasteiger partial charge < -0.3 is 4.74 Å². The van der Waals surface area contributed by atoms with E-state index >= 15 is 0 Å². The lowest BCUT2D eigenvalue weighted by Gasteiger charge is -2.06. The zero-order valence-electron chi connectivity index (χ0n) is 11.8. The van der Waals surface area contributed by atoms with Crippen molar-refractivity contribution in [2.24, 2.45) is 0 Å². The third kappa shape index (κ3) is 7.09. The predicted octanol–water partition coefficient (Wildman–Crippen LogP) is 3.52. The molecule has 1 rings (SSSR count). The fraction of sp³-hybridized carbons (Fsp3) is 0.714. The van der Waals surface area contributed by atoms with E-state index in [1.165, 1.54) is 25.3 Å². The number of ether oxygens (including phenoxy) is 1. The summed E-state index contributed by atoms with van der Waals surface area (Å²) in [6, 6.07) is 0. The van der Waals surface area contributed by atoms with Gasteiger partial charge in [-0.05, 0) is 18.9 Å². The zero-order valence-corrected chi connectivity index (χ0v) is 11.8. The SMILES string of the molecule is CCC.CCCCC/C=C/C(=O)N1CCOC1=O. The molecule has 4 nitrogen and oxygen atoms in total. The Morgan fingerprint density at radius 1 is 1.33 bits per heavy atom. The molecule has 0 aromatic carbocycles. The van der Waals surface area contributed by atoms with Crippen LogP contribution < -0.4 is 0 Å². The number of unbranched alkanes of at least 4 members (excludes halogenated alkanes) is 3. The van der Waals surface area contributed by atoms with Crippen molar-refractivity contribution in [3.05, 3.63) is 12.2 Å². The maximum atomic E-state index is 11.4. The number of hydrogen-bond acceptors (Lipinski definition) is 3. The third-order valence-corrected chi connectivity index (χ3v) is 2.26. The minimum atomic E-state index is -0.529. The van der Waals surface area contributed by atoms with Gasteiger partial charge in [0.25, 0.3) is 5.91 Å². The Morgan fingerprint density at radius 2 is 2.00 bits per heavy atom. The Bertz CT molecular complexity index is 274. The molecule has 1 fully saturated rings. The molecule has 4 heteroatoms. The highest BCUT2D eigenvalue weighted by atomic mass is 16.6. The highest BCUT2D eigenvalue weighted by molar-refractivity contribution is 5.99. The molecule has 0 aromatic rings. The number of hydrogen-bond donors (Lipinski definition) is 0. The van der Waals surface area contributed by atoms with Gasteiger partial charge in [-0.2, -0.15) is 0 Å². The van der Waals surface area contributed by atoms with Gasteiger partial charge in [0, 0.05) is 0 Å². The molecule has 2 amide bonds. The van der Waals surface area contributed by atoms with Gasteiger partial charge >= 0.3 is 6.09 Å². The predicted molar refractivity (Wildman–Crippen MR) is 72.3 cm³/mol. The summed E-state index contributed by atoms with van der Waals surface area (Å²) in [6.07, 6.45) is 8.32. The summed E-state index contributed by atoms with van der Waals surface area (Å²) in [5.74, 6) is -0.269. The lowest BCUT2D eigenvalue weighted by atomic mass is 10.2. The molecule has 0 aliphatic carbocycles. The largest absolute Gasteiger partial charge is 0.447 e. The van der Waals surface area contributed by atoms with E-state index in [0.717, 1.165) is 17.7 Å². The Labute approximate surface area is 110 Å². The van der Waals surface area contributed by atoms with Crippen molar-refractivity contribution in [3.8, 4) is 0 Å². The first-order chi connectivity index (χ1) is 8.67. The Kier molecular flexibility index (Phi) is 10.0. The number of carbonyl (C=O) groups excluding carboxylic acids is 2. The van der Waals surface area contributed by atoms with Crippen molar-refractivity contribution in [1.29, 1.82) is 0 Å². The normalized spacial score (nSPS) is 14.4. The average Bonchev–Trinajstić information content (AvgIpc) is 2.76. The van der Waals surface area contributed by atoms with Crippen molar-refractivity contribution >= 4 is 12.0 Å². The second-order valence-electron chi connectivity index (χ2n) is 4.21. The Morgan fingerprint density at radius 3 is 2.50 bits per heavy atom. The molecule has 1 heterocycles. The van der Waals surface area contributed by atoms with Crippen molar-refractivity contribution < 1.29 is 14.3 Å². The molecule has 104 valence electrons. The van der Waals surface area contributed by atoms with E-state index in [0.29, 0.717) is 13.2 Å². The van der Waals surface area contributed by atoms with Crippen LogP contribution in [0.15, 0.2) is 12.2 Å². The fourth-order valence-electron chi connectivity index (χ4n) is 1.38. The molecule has 1 saturated heterocycles. The van der Waals surface area contributed by atoms with Crippen LogP contribution in [0.1, 0.15) is 52.9 Å². The monoisotopic (exact) mass is 255 g/mol. The smallest absolute Gasteiger partial charge is 0.416 e. The van der Waals surface area contributed by atoms with E-state index in [-0.39, 0.29) is 5.91 Å². The maximum absolute atomic E-state index is 11.4. The Balaban J connectivity index is 0.000000873. The van der Waals surface area contributed by atoms with Crippen LogP contribution in [0.4, 0.5) is 4.79 Å². The molecular formula is C14H25NO3. The fourth-order valence-corrected chi connectivity index (χ4v) is 1.38. The van der Waals surface area contributed by atoms with Gasteiger partial charge in [0.1, 0.15) is 6.61 Å². The molecule has 0 saturated carbocycles. The highest BCUT2D eigenvalue weighted by Gasteiger charge is 2.26. The molecule has 0 aromatic heterocycles. The first-order valence-corrected chi connectivity index (χ1v) is 6.82. The van der Waals surface area contributed by atoms with Crippen LogP contribution in [-0.2, 0) is 9.53 Å². The van der Waals surface area contributed by atoms with Crippen molar-refractivity contribution in [2.75, 3.05) is 13.2 Å². The number of amides is 2. The van der Waals surface area contributed by atoms with Gasteiger partial charge in [-0.15, -0.1) is 0 Å². The van der Waals surface area contributed by atoms with Crippen LogP contribution in [0, 0.1) is 0 Å². The van der Waals surface area contributed by atoms with Crippen molar-refractivity contribution in [1.82, 2.24) is 4.90 Å². The molecule has 18 heavy (non-hydrogen) atoms. The first-order valence-electron chi connectivity index (χ1n) is 6.82. The number of imide groups is 1. The second-order valence-corrected chi connectivity index (χ2v) is 4.21. The van der Waals surface area contributed by atoms with Gasteiger partial charge in [0.15, 0.2) is 0 Å². The minimum Gasteiger partial charge on any atom is -0.447 e. The summed E-state index contributed by atoms with van der Waals surface area (Å²) in [5.41, 5.74) is 0. The summed E-state index contributed by atoms with van der Waals surface area (Å²) < 4.78 is 4.66. The summed E-state index contributed by atoms with van der Waals surface area (Å²) in [4.78, 5) is 23.5. The first kappa shape index (κ1) is 16.7. The average molecular weight is 255 g/mol. The van der Waals surface area contributed by atoms with Gasteiger partial charge in [0.05, 0.1) is 6.54 Å². The molecule has 0 bridgehead atoms. The number of allylic oxidation sites excluding steroid dienone is 1. The van der Waals surface area contributed by atoms with E-state index in [4.69, 9.17) is 0 Å². The molecule has 0 unspecified atom stereocenters. The van der Waals surface area contributed by atoms with Crippen LogP contribution in [0.5, 0.6) is 0 Å². The quantitative estimate of drug-likeness (QED) is 0.558. The summed E-state index contributed by atoms with van der Waals surface area (Å²) >= 11 is 0. The van der Waals surface area contributed by atoms with Gasteiger partial charge in [-0.25, -0.2) is 9.69 Å². The molecule has 0 spiro atoms. The van der Waals surface area contributed by atoms with E-state index < -0.39 is 6.09 Å². The van der Waals surface area contributed by atoms with Crippen LogP contribution >= 0.6 is 0 Å². The van der Waals surface area contributed by atoms with E-state index in [2.05, 4.69) is 25.5 Å². The topological polar surface area (TPSA) is 46.6 Å². The zero-order chi connectivity index (χ0) is 13.8. The van der Waals surface area contributed by atoms with Crippen LogP contribution in [-0.4, -0.2) is 30.1 Å². The number of carbonyl (C=O) groups is 2. The van der Waals surface area contributed by atoms with Gasteiger partial charge in [-0.1, -0.05) is 46.1 Å². The van der Waals surface area contributed by atoms with Crippen LogP contribution in [0.2, 0.25) is 0 Å². The highest BCUT2D eigenvalue weighted by Crippen LogP contribution is 2.05. The number of cyclic esters (lactones) is 1. The molecule has 0 radical (unpaired) electrons. The maximum Gasteiger partial charge on any atom is 0.416 e. The van der Waals surface area contributed by atoms with Crippen molar-refractivity contribution in [2.45, 2.75) is 52.9 Å². The van der Waals surface area contributed by atoms with E-state index in [1.807, 2.05) is 6.08 Å². The summed E-state index contributed by atoms with van der Waals surface area (Å²) in [5, 5.41) is 0. The molecule has 1 aliphatic rings. The number of rotatable bonds is 5. The lowest BCUT2D eigenvalue weighted by molar-refractivity contribution is -0.122. The molecule has 0 N–H and O–H groups in total.